The number of carbonyl (C=O) groups is 2. The lowest BCUT2D eigenvalue weighted by Gasteiger charge is -2.34. The van der Waals surface area contributed by atoms with Crippen molar-refractivity contribution in [1.29, 1.82) is 0 Å². The summed E-state index contributed by atoms with van der Waals surface area (Å²) in [5, 5.41) is 3.00. The maximum absolute atomic E-state index is 14.6. The van der Waals surface area contributed by atoms with Gasteiger partial charge >= 0.3 is 0 Å². The summed E-state index contributed by atoms with van der Waals surface area (Å²) in [5.41, 5.74) is 1.91. The van der Waals surface area contributed by atoms with E-state index in [9.17, 15) is 18.0 Å². The van der Waals surface area contributed by atoms with E-state index >= 15 is 0 Å². The molecule has 0 aliphatic rings. The van der Waals surface area contributed by atoms with E-state index in [1.54, 1.807) is 61.7 Å². The predicted octanol–water partition coefficient (Wildman–Crippen LogP) is 5.70. The SMILES string of the molecule is CCOc1ccc(S(=O)(=O)N(CC(=O)N(Cc2cccc(OC)c2)[C@@H](Cc2ccccc2)C(=O)NCC(C)C)c2ccccc2)cc1. The zero-order valence-electron chi connectivity index (χ0n) is 27.3. The Labute approximate surface area is 278 Å². The molecule has 4 aromatic rings. The first-order valence-electron chi connectivity index (χ1n) is 15.7. The Morgan fingerprint density at radius 3 is 2.06 bits per heavy atom. The predicted molar refractivity (Wildman–Crippen MR) is 184 cm³/mol. The van der Waals surface area contributed by atoms with Crippen LogP contribution in [0.5, 0.6) is 11.5 Å². The summed E-state index contributed by atoms with van der Waals surface area (Å²) in [4.78, 5) is 29.9. The van der Waals surface area contributed by atoms with Gasteiger partial charge in [-0.2, -0.15) is 0 Å². The van der Waals surface area contributed by atoms with Gasteiger partial charge in [-0.25, -0.2) is 8.42 Å². The molecule has 0 saturated heterocycles. The van der Waals surface area contributed by atoms with Crippen molar-refractivity contribution in [2.24, 2.45) is 5.92 Å². The van der Waals surface area contributed by atoms with Gasteiger partial charge in [0.05, 0.1) is 24.3 Å². The highest BCUT2D eigenvalue weighted by Crippen LogP contribution is 2.26. The minimum Gasteiger partial charge on any atom is -0.497 e. The molecule has 1 N–H and O–H groups in total. The number of hydrogen-bond donors (Lipinski definition) is 1. The molecule has 248 valence electrons. The Kier molecular flexibility index (Phi) is 12.4. The summed E-state index contributed by atoms with van der Waals surface area (Å²) >= 11 is 0. The van der Waals surface area contributed by atoms with Crippen molar-refractivity contribution in [2.75, 3.05) is 31.1 Å². The van der Waals surface area contributed by atoms with Gasteiger partial charge in [0.2, 0.25) is 11.8 Å². The number of para-hydroxylation sites is 1. The Balaban J connectivity index is 1.78. The number of sulfonamides is 1. The highest BCUT2D eigenvalue weighted by molar-refractivity contribution is 7.92. The number of benzene rings is 4. The van der Waals surface area contributed by atoms with Crippen LogP contribution in [-0.2, 0) is 32.6 Å². The Morgan fingerprint density at radius 1 is 0.809 bits per heavy atom. The number of carbonyl (C=O) groups excluding carboxylic acids is 2. The normalized spacial score (nSPS) is 11.9. The molecule has 0 saturated carbocycles. The van der Waals surface area contributed by atoms with Crippen LogP contribution in [0, 0.1) is 5.92 Å². The van der Waals surface area contributed by atoms with Crippen molar-refractivity contribution in [3.05, 3.63) is 120 Å². The van der Waals surface area contributed by atoms with Gasteiger partial charge in [-0.3, -0.25) is 13.9 Å². The summed E-state index contributed by atoms with van der Waals surface area (Å²) in [6.07, 6.45) is 0.234. The maximum Gasteiger partial charge on any atom is 0.264 e. The van der Waals surface area contributed by atoms with Crippen molar-refractivity contribution in [1.82, 2.24) is 10.2 Å². The molecule has 1 atom stereocenters. The minimum absolute atomic E-state index is 0.00691. The molecule has 10 heteroatoms. The molecule has 0 radical (unpaired) electrons. The maximum atomic E-state index is 14.6. The molecule has 4 rings (SSSR count). The van der Waals surface area contributed by atoms with E-state index in [0.29, 0.717) is 30.3 Å². The molecule has 0 fully saturated rings. The summed E-state index contributed by atoms with van der Waals surface area (Å²) in [5.74, 6) is 0.468. The number of methoxy groups -OCH3 is 1. The standard InChI is InChI=1S/C37H43N3O6S/c1-5-46-32-19-21-34(22-20-32)47(43,44)40(31-16-10-7-11-17-31)27-36(41)39(26-30-15-12-18-33(23-30)45-4)35(37(42)38-25-28(2)3)24-29-13-8-6-9-14-29/h6-23,28,35H,5,24-27H2,1-4H3,(H,38,42)/t35-/m0/s1. The monoisotopic (exact) mass is 657 g/mol. The van der Waals surface area contributed by atoms with Gasteiger partial charge in [0.1, 0.15) is 24.1 Å². The third-order valence-electron chi connectivity index (χ3n) is 7.49. The van der Waals surface area contributed by atoms with E-state index < -0.39 is 28.5 Å². The average molecular weight is 658 g/mol. The summed E-state index contributed by atoms with van der Waals surface area (Å²) in [7, 11) is -2.66. The fourth-order valence-electron chi connectivity index (χ4n) is 5.07. The number of hydrogen-bond acceptors (Lipinski definition) is 6. The molecule has 0 heterocycles. The highest BCUT2D eigenvalue weighted by atomic mass is 32.2. The lowest BCUT2D eigenvalue weighted by Crippen LogP contribution is -2.53. The van der Waals surface area contributed by atoms with Crippen molar-refractivity contribution in [3.63, 3.8) is 0 Å². The lowest BCUT2D eigenvalue weighted by atomic mass is 10.0. The lowest BCUT2D eigenvalue weighted by molar-refractivity contribution is -0.140. The molecular formula is C37H43N3O6S. The summed E-state index contributed by atoms with van der Waals surface area (Å²) in [6.45, 7) is 6.21. The molecule has 0 aliphatic carbocycles. The molecule has 0 unspecified atom stereocenters. The molecule has 47 heavy (non-hydrogen) atoms. The molecule has 0 aromatic heterocycles. The molecule has 0 aliphatic heterocycles. The van der Waals surface area contributed by atoms with Gasteiger partial charge in [0, 0.05) is 19.5 Å². The van der Waals surface area contributed by atoms with E-state index in [0.717, 1.165) is 15.4 Å². The van der Waals surface area contributed by atoms with Crippen LogP contribution in [0.4, 0.5) is 5.69 Å². The van der Waals surface area contributed by atoms with Crippen molar-refractivity contribution in [3.8, 4) is 11.5 Å². The van der Waals surface area contributed by atoms with Crippen LogP contribution in [0.15, 0.2) is 114 Å². The zero-order valence-corrected chi connectivity index (χ0v) is 28.2. The molecule has 4 aromatic carbocycles. The van der Waals surface area contributed by atoms with Crippen LogP contribution in [0.25, 0.3) is 0 Å². The van der Waals surface area contributed by atoms with Crippen LogP contribution >= 0.6 is 0 Å². The van der Waals surface area contributed by atoms with E-state index in [1.807, 2.05) is 63.2 Å². The fourth-order valence-corrected chi connectivity index (χ4v) is 6.48. The number of anilines is 1. The number of amides is 2. The van der Waals surface area contributed by atoms with E-state index in [2.05, 4.69) is 5.32 Å². The Bertz CT molecular complexity index is 1700. The van der Waals surface area contributed by atoms with E-state index in [4.69, 9.17) is 9.47 Å². The first-order chi connectivity index (χ1) is 22.6. The quantitative estimate of drug-likeness (QED) is 0.166. The average Bonchev–Trinajstić information content (AvgIpc) is 3.08. The first-order valence-corrected chi connectivity index (χ1v) is 17.1. The third-order valence-corrected chi connectivity index (χ3v) is 9.28. The van der Waals surface area contributed by atoms with Crippen LogP contribution in [0.1, 0.15) is 31.9 Å². The topological polar surface area (TPSA) is 105 Å². The Morgan fingerprint density at radius 2 is 1.45 bits per heavy atom. The van der Waals surface area contributed by atoms with Crippen LogP contribution in [0.3, 0.4) is 0 Å². The van der Waals surface area contributed by atoms with E-state index in [1.165, 1.54) is 17.0 Å². The smallest absolute Gasteiger partial charge is 0.264 e. The largest absolute Gasteiger partial charge is 0.497 e. The van der Waals surface area contributed by atoms with Crippen LogP contribution in [0.2, 0.25) is 0 Å². The van der Waals surface area contributed by atoms with E-state index in [-0.39, 0.29) is 29.7 Å². The Hall–Kier alpha value is -4.83. The second-order valence-corrected chi connectivity index (χ2v) is 13.3. The van der Waals surface area contributed by atoms with Gasteiger partial charge in [-0.05, 0) is 72.5 Å². The fraction of sp³-hybridized carbons (Fsp3) is 0.297. The van der Waals surface area contributed by atoms with Gasteiger partial charge in [0.15, 0.2) is 0 Å². The van der Waals surface area contributed by atoms with Crippen molar-refractivity contribution in [2.45, 2.75) is 44.7 Å². The van der Waals surface area contributed by atoms with Crippen molar-refractivity contribution >= 4 is 27.5 Å². The molecule has 9 nitrogen and oxygen atoms in total. The van der Waals surface area contributed by atoms with Crippen molar-refractivity contribution < 1.29 is 27.5 Å². The van der Waals surface area contributed by atoms with Crippen LogP contribution < -0.4 is 19.1 Å². The molecule has 0 bridgehead atoms. The minimum atomic E-state index is -4.21. The zero-order chi connectivity index (χ0) is 33.8. The van der Waals surface area contributed by atoms with Gasteiger partial charge < -0.3 is 19.7 Å². The number of nitrogens with one attached hydrogen (secondary N) is 1. The summed E-state index contributed by atoms with van der Waals surface area (Å²) < 4.78 is 40.4. The second-order valence-electron chi connectivity index (χ2n) is 11.5. The molecular weight excluding hydrogens is 614 g/mol. The third kappa shape index (κ3) is 9.59. The van der Waals surface area contributed by atoms with Gasteiger partial charge in [-0.15, -0.1) is 0 Å². The van der Waals surface area contributed by atoms with Gasteiger partial charge in [-0.1, -0.05) is 74.5 Å². The molecule has 2 amide bonds. The second kappa shape index (κ2) is 16.6. The van der Waals surface area contributed by atoms with Crippen LogP contribution in [-0.4, -0.2) is 58.0 Å². The molecule has 0 spiro atoms. The number of rotatable bonds is 16. The first kappa shape index (κ1) is 35.0. The number of nitrogens with zero attached hydrogens (tertiary/aromatic N) is 2. The van der Waals surface area contributed by atoms with Gasteiger partial charge in [0.25, 0.3) is 10.0 Å². The number of ether oxygens (including phenoxy) is 2. The summed E-state index contributed by atoms with van der Waals surface area (Å²) in [6, 6.07) is 30.4. The highest BCUT2D eigenvalue weighted by Gasteiger charge is 2.34.